The first-order valence-corrected chi connectivity index (χ1v) is 6.55. The molecule has 0 amide bonds. The quantitative estimate of drug-likeness (QED) is 0.728. The van der Waals surface area contributed by atoms with Crippen LogP contribution in [0, 0.1) is 5.92 Å². The molecule has 1 heterocycles. The van der Waals surface area contributed by atoms with Crippen molar-refractivity contribution in [1.82, 2.24) is 9.97 Å². The lowest BCUT2D eigenvalue weighted by atomic mass is 9.85. The summed E-state index contributed by atoms with van der Waals surface area (Å²) in [5.41, 5.74) is -1.06. The van der Waals surface area contributed by atoms with Gasteiger partial charge in [0, 0.05) is 12.6 Å². The van der Waals surface area contributed by atoms with E-state index >= 15 is 0 Å². The maximum absolute atomic E-state index is 11.1. The molecule has 0 aromatic carbocycles. The Morgan fingerprint density at radius 3 is 2.68 bits per heavy atom. The predicted octanol–water partition coefficient (Wildman–Crippen LogP) is 1.96. The van der Waals surface area contributed by atoms with Crippen molar-refractivity contribution in [3.63, 3.8) is 0 Å². The summed E-state index contributed by atoms with van der Waals surface area (Å²) in [5, 5.41) is 15.2. The minimum Gasteiger partial charge on any atom is -0.480 e. The smallest absolute Gasteiger partial charge is 0.328 e. The summed E-state index contributed by atoms with van der Waals surface area (Å²) in [6.45, 7) is 4.11. The van der Waals surface area contributed by atoms with Crippen LogP contribution in [-0.2, 0) is 4.79 Å². The van der Waals surface area contributed by atoms with E-state index < -0.39 is 11.5 Å². The van der Waals surface area contributed by atoms with Gasteiger partial charge in [-0.3, -0.25) is 0 Å². The van der Waals surface area contributed by atoms with Crippen molar-refractivity contribution in [1.29, 1.82) is 0 Å². The van der Waals surface area contributed by atoms with Crippen molar-refractivity contribution < 1.29 is 9.90 Å². The Morgan fingerprint density at radius 1 is 1.42 bits per heavy atom. The summed E-state index contributed by atoms with van der Waals surface area (Å²) in [4.78, 5) is 19.2. The third-order valence-electron chi connectivity index (χ3n) is 3.44. The summed E-state index contributed by atoms with van der Waals surface area (Å²) >= 11 is 0. The number of aliphatic carboxylic acids is 1. The molecule has 1 aliphatic carbocycles. The van der Waals surface area contributed by atoms with Gasteiger partial charge in [0.15, 0.2) is 0 Å². The number of nitrogens with zero attached hydrogens (tertiary/aromatic N) is 2. The van der Waals surface area contributed by atoms with Crippen LogP contribution < -0.4 is 10.6 Å². The topological polar surface area (TPSA) is 87.1 Å². The fourth-order valence-electron chi connectivity index (χ4n) is 1.84. The molecule has 2 rings (SSSR count). The molecule has 1 aromatic heterocycles. The van der Waals surface area contributed by atoms with Gasteiger partial charge in [0.1, 0.15) is 23.5 Å². The predicted molar refractivity (Wildman–Crippen MR) is 73.2 cm³/mol. The highest BCUT2D eigenvalue weighted by Crippen LogP contribution is 2.26. The minimum absolute atomic E-state index is 0.513. The second-order valence-corrected chi connectivity index (χ2v) is 5.52. The lowest BCUT2D eigenvalue weighted by molar-refractivity contribution is -0.141. The molecule has 0 atom stereocenters. The zero-order valence-corrected chi connectivity index (χ0v) is 11.3. The van der Waals surface area contributed by atoms with Crippen LogP contribution in [0.5, 0.6) is 0 Å². The molecular weight excluding hydrogens is 244 g/mol. The molecule has 19 heavy (non-hydrogen) atoms. The molecule has 1 saturated carbocycles. The van der Waals surface area contributed by atoms with Gasteiger partial charge in [-0.15, -0.1) is 0 Å². The third kappa shape index (κ3) is 3.56. The Morgan fingerprint density at radius 2 is 2.11 bits per heavy atom. The van der Waals surface area contributed by atoms with Crippen LogP contribution in [0.15, 0.2) is 12.4 Å². The summed E-state index contributed by atoms with van der Waals surface area (Å²) in [6, 6.07) is 1.74. The molecule has 3 N–H and O–H groups in total. The molecule has 0 radical (unpaired) electrons. The van der Waals surface area contributed by atoms with Gasteiger partial charge in [-0.1, -0.05) is 6.42 Å². The SMILES string of the molecule is CC(C)(Nc1cc(NCC2CCC2)ncn1)C(=O)O. The number of carbonyl (C=O) groups is 1. The van der Waals surface area contributed by atoms with Crippen LogP contribution in [0.3, 0.4) is 0 Å². The molecule has 0 spiro atoms. The van der Waals surface area contributed by atoms with E-state index in [1.54, 1.807) is 19.9 Å². The average molecular weight is 264 g/mol. The fourth-order valence-corrected chi connectivity index (χ4v) is 1.84. The van der Waals surface area contributed by atoms with E-state index in [-0.39, 0.29) is 0 Å². The number of rotatable bonds is 6. The Hall–Kier alpha value is -1.85. The van der Waals surface area contributed by atoms with E-state index in [2.05, 4.69) is 20.6 Å². The van der Waals surface area contributed by atoms with Crippen molar-refractivity contribution in [3.05, 3.63) is 12.4 Å². The number of carboxylic acid groups (broad SMARTS) is 1. The summed E-state index contributed by atoms with van der Waals surface area (Å²) in [6.07, 6.45) is 5.30. The first-order valence-electron chi connectivity index (χ1n) is 6.55. The normalized spacial score (nSPS) is 15.7. The van der Waals surface area contributed by atoms with Gasteiger partial charge < -0.3 is 15.7 Å². The Labute approximate surface area is 112 Å². The number of hydrogen-bond acceptors (Lipinski definition) is 5. The van der Waals surface area contributed by atoms with Crippen molar-refractivity contribution in [2.75, 3.05) is 17.2 Å². The van der Waals surface area contributed by atoms with Gasteiger partial charge in [-0.05, 0) is 32.6 Å². The maximum atomic E-state index is 11.1. The maximum Gasteiger partial charge on any atom is 0.328 e. The first kappa shape index (κ1) is 13.6. The van der Waals surface area contributed by atoms with E-state index in [1.807, 2.05) is 0 Å². The number of nitrogens with one attached hydrogen (secondary N) is 2. The standard InChI is InChI=1S/C13H20N4O2/c1-13(2,12(18)19)17-11-6-10(15-8-16-11)14-7-9-4-3-5-9/h6,8-9H,3-5,7H2,1-2H3,(H,18,19)(H2,14,15,16,17). The molecule has 1 fully saturated rings. The number of carboxylic acids is 1. The number of anilines is 2. The molecular formula is C13H20N4O2. The largest absolute Gasteiger partial charge is 0.480 e. The average Bonchev–Trinajstić information content (AvgIpc) is 2.26. The van der Waals surface area contributed by atoms with Crippen LogP contribution in [0.1, 0.15) is 33.1 Å². The van der Waals surface area contributed by atoms with Crippen LogP contribution in [-0.4, -0.2) is 33.1 Å². The van der Waals surface area contributed by atoms with Gasteiger partial charge in [0.05, 0.1) is 0 Å². The lowest BCUT2D eigenvalue weighted by Gasteiger charge is -2.26. The molecule has 0 bridgehead atoms. The van der Waals surface area contributed by atoms with E-state index in [0.717, 1.165) is 18.3 Å². The Bertz CT molecular complexity index is 458. The van der Waals surface area contributed by atoms with Gasteiger partial charge in [-0.25, -0.2) is 14.8 Å². The van der Waals surface area contributed by atoms with E-state index in [4.69, 9.17) is 5.11 Å². The van der Waals surface area contributed by atoms with Crippen LogP contribution >= 0.6 is 0 Å². The van der Waals surface area contributed by atoms with Gasteiger partial charge >= 0.3 is 5.97 Å². The molecule has 0 aliphatic heterocycles. The Kier molecular flexibility index (Phi) is 3.87. The van der Waals surface area contributed by atoms with Gasteiger partial charge in [0.2, 0.25) is 0 Å². The van der Waals surface area contributed by atoms with Crippen LogP contribution in [0.2, 0.25) is 0 Å². The summed E-state index contributed by atoms with van der Waals surface area (Å²) in [7, 11) is 0. The van der Waals surface area contributed by atoms with E-state index in [0.29, 0.717) is 5.82 Å². The minimum atomic E-state index is -1.06. The van der Waals surface area contributed by atoms with Gasteiger partial charge in [0.25, 0.3) is 0 Å². The fraction of sp³-hybridized carbons (Fsp3) is 0.615. The number of aromatic nitrogens is 2. The monoisotopic (exact) mass is 264 g/mol. The first-order chi connectivity index (χ1) is 8.97. The Balaban J connectivity index is 1.96. The molecule has 1 aromatic rings. The number of hydrogen-bond donors (Lipinski definition) is 3. The molecule has 1 aliphatic rings. The molecule has 0 unspecified atom stereocenters. The van der Waals surface area contributed by atoms with Crippen molar-refractivity contribution >= 4 is 17.6 Å². The second-order valence-electron chi connectivity index (χ2n) is 5.52. The highest BCUT2D eigenvalue weighted by molar-refractivity contribution is 5.81. The second kappa shape index (κ2) is 5.42. The molecule has 0 saturated heterocycles. The van der Waals surface area contributed by atoms with E-state index in [9.17, 15) is 4.79 Å². The van der Waals surface area contributed by atoms with Crippen LogP contribution in [0.4, 0.5) is 11.6 Å². The molecule has 6 heteroatoms. The highest BCUT2D eigenvalue weighted by Gasteiger charge is 2.27. The zero-order chi connectivity index (χ0) is 13.9. The molecule has 104 valence electrons. The van der Waals surface area contributed by atoms with Crippen LogP contribution in [0.25, 0.3) is 0 Å². The summed E-state index contributed by atoms with van der Waals surface area (Å²) in [5.74, 6) is 1.06. The molecule has 6 nitrogen and oxygen atoms in total. The lowest BCUT2D eigenvalue weighted by Crippen LogP contribution is -2.40. The highest BCUT2D eigenvalue weighted by atomic mass is 16.4. The van der Waals surface area contributed by atoms with E-state index in [1.165, 1.54) is 25.6 Å². The van der Waals surface area contributed by atoms with Crippen molar-refractivity contribution in [3.8, 4) is 0 Å². The van der Waals surface area contributed by atoms with Crippen molar-refractivity contribution in [2.24, 2.45) is 5.92 Å². The van der Waals surface area contributed by atoms with Gasteiger partial charge in [-0.2, -0.15) is 0 Å². The third-order valence-corrected chi connectivity index (χ3v) is 3.44. The summed E-state index contributed by atoms with van der Waals surface area (Å²) < 4.78 is 0. The zero-order valence-electron chi connectivity index (χ0n) is 11.3. The van der Waals surface area contributed by atoms with Crippen molar-refractivity contribution in [2.45, 2.75) is 38.6 Å².